The molecule has 1 aliphatic heterocycles. The van der Waals surface area contributed by atoms with Crippen LogP contribution < -0.4 is 10.2 Å². The third-order valence-electron chi connectivity index (χ3n) is 4.24. The van der Waals surface area contributed by atoms with Gasteiger partial charge in [-0.15, -0.1) is 5.10 Å². The Bertz CT molecular complexity index is 1170. The first-order chi connectivity index (χ1) is 14.1. The minimum absolute atomic E-state index is 0.0515. The van der Waals surface area contributed by atoms with Gasteiger partial charge in [-0.3, -0.25) is 19.3 Å². The summed E-state index contributed by atoms with van der Waals surface area (Å²) in [5.74, 6) is -1.34. The largest absolute Gasteiger partial charge is 0.506 e. The number of hydrogen-bond donors (Lipinski definition) is 2. The summed E-state index contributed by atoms with van der Waals surface area (Å²) < 4.78 is 11.0. The van der Waals surface area contributed by atoms with E-state index in [1.54, 1.807) is 6.92 Å². The maximum Gasteiger partial charge on any atom is 0.305 e. The number of amidine groups is 1. The Morgan fingerprint density at radius 1 is 1.47 bits per heavy atom. The number of phenolic OH excluding ortho intramolecular Hbond substituents is 1. The molecule has 0 bridgehead atoms. The molecule has 0 saturated carbocycles. The van der Waals surface area contributed by atoms with Gasteiger partial charge < -0.3 is 19.4 Å². The number of methoxy groups -OCH3 is 1. The van der Waals surface area contributed by atoms with Gasteiger partial charge in [0.05, 0.1) is 25.3 Å². The van der Waals surface area contributed by atoms with Gasteiger partial charge in [-0.1, -0.05) is 11.8 Å². The van der Waals surface area contributed by atoms with E-state index in [0.717, 1.165) is 11.8 Å². The van der Waals surface area contributed by atoms with Crippen LogP contribution in [0.5, 0.6) is 11.5 Å². The van der Waals surface area contributed by atoms with Gasteiger partial charge in [-0.2, -0.15) is 5.10 Å². The molecule has 158 valence electrons. The summed E-state index contributed by atoms with van der Waals surface area (Å²) in [7, 11) is 2.80. The monoisotopic (exact) mass is 497 g/mol. The maximum absolute atomic E-state index is 12.5. The van der Waals surface area contributed by atoms with Crippen LogP contribution in [0.15, 0.2) is 30.0 Å². The number of carboxylic acids is 1. The van der Waals surface area contributed by atoms with Crippen molar-refractivity contribution in [1.29, 1.82) is 0 Å². The molecule has 2 aromatic rings. The zero-order valence-electron chi connectivity index (χ0n) is 16.0. The predicted octanol–water partition coefficient (Wildman–Crippen LogP) is 2.32. The molecule has 0 radical (unpaired) electrons. The van der Waals surface area contributed by atoms with Crippen LogP contribution in [0.25, 0.3) is 11.0 Å². The zero-order chi connectivity index (χ0) is 22.2. The first kappa shape index (κ1) is 21.8. The van der Waals surface area contributed by atoms with Crippen molar-refractivity contribution >= 4 is 61.9 Å². The molecule has 2 N–H and O–H groups in total. The standard InChI is InChI=1S/C18H16BrN3O7S/c1-7-4-9(23)12-15(28-3)8(14(26)13(19)16(12)29-7)6-20-21-18-22(2)17(27)10(30-18)5-11(24)25/h4,6,10,26H,5H2,1-3H3,(H,24,25)/b20-6+,21-18-. The number of fused-ring (bicyclic) bond motifs is 1. The predicted molar refractivity (Wildman–Crippen MR) is 115 cm³/mol. The van der Waals surface area contributed by atoms with Gasteiger partial charge in [0.1, 0.15) is 32.4 Å². The van der Waals surface area contributed by atoms with Gasteiger partial charge in [0.25, 0.3) is 0 Å². The molecule has 1 saturated heterocycles. The number of halogens is 1. The fraction of sp³-hybridized carbons (Fsp3) is 0.278. The number of hydrogen-bond acceptors (Lipinski definition) is 9. The van der Waals surface area contributed by atoms with Crippen molar-refractivity contribution < 1.29 is 29.0 Å². The Balaban J connectivity index is 2.04. The summed E-state index contributed by atoms with van der Waals surface area (Å²) in [6.07, 6.45) is 0.839. The van der Waals surface area contributed by atoms with E-state index in [1.165, 1.54) is 31.3 Å². The Morgan fingerprint density at radius 3 is 2.80 bits per heavy atom. The van der Waals surface area contributed by atoms with Crippen LogP contribution in [-0.2, 0) is 9.59 Å². The molecule has 1 aromatic carbocycles. The number of carbonyl (C=O) groups is 2. The van der Waals surface area contributed by atoms with Crippen LogP contribution in [0.2, 0.25) is 0 Å². The van der Waals surface area contributed by atoms with Crippen molar-refractivity contribution in [3.8, 4) is 11.5 Å². The fourth-order valence-electron chi connectivity index (χ4n) is 2.86. The first-order valence-electron chi connectivity index (χ1n) is 8.45. The van der Waals surface area contributed by atoms with Gasteiger partial charge in [0.15, 0.2) is 16.2 Å². The second kappa shape index (κ2) is 8.48. The average molecular weight is 498 g/mol. The minimum atomic E-state index is -1.09. The van der Waals surface area contributed by atoms with E-state index in [4.69, 9.17) is 14.3 Å². The summed E-state index contributed by atoms with van der Waals surface area (Å²) in [6, 6.07) is 1.30. The van der Waals surface area contributed by atoms with Crippen LogP contribution in [0.4, 0.5) is 0 Å². The third-order valence-corrected chi connectivity index (χ3v) is 6.19. The number of rotatable bonds is 5. The molecular formula is C18H16BrN3O7S. The molecule has 1 aliphatic rings. The SMILES string of the molecule is COc1c(/C=N/N=C2\SC(CC(=O)O)C(=O)N2C)c(O)c(Br)c2oc(C)cc(=O)c12. The highest BCUT2D eigenvalue weighted by Crippen LogP contribution is 2.41. The van der Waals surface area contributed by atoms with Crippen LogP contribution >= 0.6 is 27.7 Å². The normalized spacial score (nSPS) is 18.1. The molecule has 1 aromatic heterocycles. The van der Waals surface area contributed by atoms with Crippen molar-refractivity contribution in [2.45, 2.75) is 18.6 Å². The number of aromatic hydroxyl groups is 1. The summed E-state index contributed by atoms with van der Waals surface area (Å²) >= 11 is 4.20. The van der Waals surface area contributed by atoms with Crippen molar-refractivity contribution in [3.05, 3.63) is 32.1 Å². The van der Waals surface area contributed by atoms with Gasteiger partial charge in [-0.25, -0.2) is 0 Å². The lowest BCUT2D eigenvalue weighted by molar-refractivity contribution is -0.139. The fourth-order valence-corrected chi connectivity index (χ4v) is 4.44. The van der Waals surface area contributed by atoms with Gasteiger partial charge >= 0.3 is 5.97 Å². The number of carbonyl (C=O) groups excluding carboxylic acids is 1. The van der Waals surface area contributed by atoms with Crippen LogP contribution in [-0.4, -0.2) is 57.8 Å². The molecule has 30 heavy (non-hydrogen) atoms. The van der Waals surface area contributed by atoms with E-state index in [1.807, 2.05) is 0 Å². The molecular weight excluding hydrogens is 482 g/mol. The van der Waals surface area contributed by atoms with Crippen molar-refractivity contribution in [3.63, 3.8) is 0 Å². The highest BCUT2D eigenvalue weighted by molar-refractivity contribution is 9.10. The van der Waals surface area contributed by atoms with Gasteiger partial charge in [0.2, 0.25) is 5.91 Å². The van der Waals surface area contributed by atoms with E-state index < -0.39 is 17.1 Å². The van der Waals surface area contributed by atoms with E-state index in [2.05, 4.69) is 26.1 Å². The molecule has 1 amide bonds. The number of nitrogens with zero attached hydrogens (tertiary/aromatic N) is 3. The Kier molecular flexibility index (Phi) is 6.17. The third kappa shape index (κ3) is 3.92. The van der Waals surface area contributed by atoms with Crippen molar-refractivity contribution in [1.82, 2.24) is 4.90 Å². The van der Waals surface area contributed by atoms with Gasteiger partial charge in [-0.05, 0) is 22.9 Å². The Hall–Kier alpha value is -2.86. The lowest BCUT2D eigenvalue weighted by Crippen LogP contribution is -2.28. The van der Waals surface area contributed by atoms with E-state index in [0.29, 0.717) is 5.76 Å². The number of ether oxygens (including phenoxy) is 1. The first-order valence-corrected chi connectivity index (χ1v) is 10.1. The van der Waals surface area contributed by atoms with Crippen LogP contribution in [0.1, 0.15) is 17.7 Å². The maximum atomic E-state index is 12.5. The number of thioether (sulfide) groups is 1. The topological polar surface area (TPSA) is 142 Å². The molecule has 2 heterocycles. The van der Waals surface area contributed by atoms with E-state index >= 15 is 0 Å². The van der Waals surface area contributed by atoms with E-state index in [9.17, 15) is 19.5 Å². The second-order valence-corrected chi connectivity index (χ2v) is 8.23. The molecule has 1 fully saturated rings. The Labute approximate surface area is 182 Å². The summed E-state index contributed by atoms with van der Waals surface area (Å²) in [4.78, 5) is 36.6. The molecule has 0 spiro atoms. The highest BCUT2D eigenvalue weighted by atomic mass is 79.9. The number of amides is 1. The van der Waals surface area contributed by atoms with Crippen LogP contribution in [0, 0.1) is 6.92 Å². The van der Waals surface area contributed by atoms with E-state index in [-0.39, 0.29) is 49.5 Å². The molecule has 0 aliphatic carbocycles. The summed E-state index contributed by atoms with van der Waals surface area (Å²) in [5.41, 5.74) is -0.150. The average Bonchev–Trinajstić information content (AvgIpc) is 2.93. The molecule has 1 atom stereocenters. The summed E-state index contributed by atoms with van der Waals surface area (Å²) in [5, 5.41) is 26.8. The molecule has 3 rings (SSSR count). The van der Waals surface area contributed by atoms with Crippen molar-refractivity contribution in [2.75, 3.05) is 14.2 Å². The number of aryl methyl sites for hydroxylation is 1. The number of benzene rings is 1. The quantitative estimate of drug-likeness (QED) is 0.473. The smallest absolute Gasteiger partial charge is 0.305 e. The molecule has 10 nitrogen and oxygen atoms in total. The zero-order valence-corrected chi connectivity index (χ0v) is 18.4. The number of carboxylic acid groups (broad SMARTS) is 1. The van der Waals surface area contributed by atoms with Gasteiger partial charge in [0, 0.05) is 13.1 Å². The number of aliphatic carboxylic acids is 1. The lowest BCUT2D eigenvalue weighted by atomic mass is 10.1. The molecule has 12 heteroatoms. The van der Waals surface area contributed by atoms with Crippen LogP contribution in [0.3, 0.4) is 0 Å². The van der Waals surface area contributed by atoms with Crippen molar-refractivity contribution in [2.24, 2.45) is 10.2 Å². The molecule has 1 unspecified atom stereocenters. The summed E-state index contributed by atoms with van der Waals surface area (Å²) in [6.45, 7) is 1.61. The lowest BCUT2D eigenvalue weighted by Gasteiger charge is -2.12. The minimum Gasteiger partial charge on any atom is -0.506 e. The second-order valence-electron chi connectivity index (χ2n) is 6.26. The number of phenols is 1. The highest BCUT2D eigenvalue weighted by Gasteiger charge is 2.37. The Morgan fingerprint density at radius 2 is 2.17 bits per heavy atom.